The van der Waals surface area contributed by atoms with Crippen molar-refractivity contribution in [2.24, 2.45) is 5.92 Å². The Morgan fingerprint density at radius 1 is 1.25 bits per heavy atom. The molecule has 0 aliphatic carbocycles. The van der Waals surface area contributed by atoms with E-state index in [4.69, 9.17) is 4.42 Å². The molecule has 1 saturated heterocycles. The lowest BCUT2D eigenvalue weighted by atomic mass is 9.92. The van der Waals surface area contributed by atoms with Crippen LogP contribution < -0.4 is 10.6 Å². The largest absolute Gasteiger partial charge is 0.459 e. The number of hydrogen-bond donors (Lipinski definition) is 0. The highest BCUT2D eigenvalue weighted by Gasteiger charge is 2.36. The van der Waals surface area contributed by atoms with Crippen molar-refractivity contribution >= 4 is 11.7 Å². The van der Waals surface area contributed by atoms with Gasteiger partial charge in [-0.25, -0.2) is 9.78 Å². The first-order chi connectivity index (χ1) is 15.5. The molecule has 0 bridgehead atoms. The standard InChI is InChI=1S/C22H29N7O3/c1-4-27-22(31)28(25-24-27)12-11-26-10-8-18(17(3)15-26)29(20-14-16(2)7-9-23-20)21(30)19-6-5-13-32-19/h5-7,9,13-14,17-18H,4,8,10-12,15H2,1-3H3/t17-,18+/m1/s1. The minimum atomic E-state index is -0.184. The number of anilines is 1. The zero-order valence-corrected chi connectivity index (χ0v) is 18.7. The Morgan fingerprint density at radius 2 is 2.06 bits per heavy atom. The molecule has 1 aliphatic rings. The smallest absolute Gasteiger partial charge is 0.363 e. The van der Waals surface area contributed by atoms with Crippen LogP contribution in [0.5, 0.6) is 0 Å². The average molecular weight is 440 g/mol. The summed E-state index contributed by atoms with van der Waals surface area (Å²) in [6.07, 6.45) is 4.03. The number of nitrogens with zero attached hydrogens (tertiary/aromatic N) is 7. The fourth-order valence-electron chi connectivity index (χ4n) is 4.28. The number of pyridine rings is 1. The van der Waals surface area contributed by atoms with E-state index in [0.717, 1.165) is 25.1 Å². The normalized spacial score (nSPS) is 19.2. The van der Waals surface area contributed by atoms with E-state index in [9.17, 15) is 9.59 Å². The lowest BCUT2D eigenvalue weighted by Gasteiger charge is -2.42. The second-order valence-corrected chi connectivity index (χ2v) is 8.28. The molecule has 0 N–H and O–H groups in total. The SMILES string of the molecule is CCn1nnn(CCN2CC[C@H](N(C(=O)c3ccco3)c3cc(C)ccn3)[C@H](C)C2)c1=O. The van der Waals surface area contributed by atoms with Crippen LogP contribution in [0.2, 0.25) is 0 Å². The van der Waals surface area contributed by atoms with Crippen LogP contribution in [-0.4, -0.2) is 61.3 Å². The van der Waals surface area contributed by atoms with E-state index in [-0.39, 0.29) is 23.6 Å². The summed E-state index contributed by atoms with van der Waals surface area (Å²) >= 11 is 0. The van der Waals surface area contributed by atoms with E-state index in [2.05, 4.69) is 27.2 Å². The Morgan fingerprint density at radius 3 is 2.72 bits per heavy atom. The Kier molecular flexibility index (Phi) is 6.50. The molecule has 0 spiro atoms. The summed E-state index contributed by atoms with van der Waals surface area (Å²) in [4.78, 5) is 34.1. The van der Waals surface area contributed by atoms with Crippen LogP contribution in [0.4, 0.5) is 5.82 Å². The summed E-state index contributed by atoms with van der Waals surface area (Å²) in [7, 11) is 0. The first-order valence-electron chi connectivity index (χ1n) is 11.0. The molecule has 3 aromatic rings. The maximum atomic E-state index is 13.3. The van der Waals surface area contributed by atoms with Crippen LogP contribution in [0, 0.1) is 12.8 Å². The van der Waals surface area contributed by atoms with Gasteiger partial charge in [0.15, 0.2) is 5.76 Å². The van der Waals surface area contributed by atoms with Gasteiger partial charge < -0.3 is 9.32 Å². The second-order valence-electron chi connectivity index (χ2n) is 8.28. The van der Waals surface area contributed by atoms with Crippen molar-refractivity contribution < 1.29 is 9.21 Å². The van der Waals surface area contributed by atoms with Gasteiger partial charge in [-0.3, -0.25) is 9.69 Å². The minimum absolute atomic E-state index is 0.0122. The van der Waals surface area contributed by atoms with Gasteiger partial charge in [-0.05, 0) is 66.4 Å². The molecule has 3 aromatic heterocycles. The molecule has 1 aliphatic heterocycles. The maximum absolute atomic E-state index is 13.3. The molecule has 1 fully saturated rings. The van der Waals surface area contributed by atoms with Crippen LogP contribution in [0.15, 0.2) is 45.9 Å². The number of tetrazole rings is 1. The topological polar surface area (TPSA) is 102 Å². The summed E-state index contributed by atoms with van der Waals surface area (Å²) in [6, 6.07) is 7.25. The van der Waals surface area contributed by atoms with E-state index in [1.54, 1.807) is 23.2 Å². The number of furan rings is 1. The molecule has 0 aromatic carbocycles. The molecule has 4 heterocycles. The van der Waals surface area contributed by atoms with Crippen LogP contribution in [0.25, 0.3) is 0 Å². The van der Waals surface area contributed by atoms with Crippen molar-refractivity contribution in [3.8, 4) is 0 Å². The third-order valence-corrected chi connectivity index (χ3v) is 6.00. The van der Waals surface area contributed by atoms with Gasteiger partial charge in [0, 0.05) is 38.4 Å². The third kappa shape index (κ3) is 4.50. The van der Waals surface area contributed by atoms with E-state index < -0.39 is 0 Å². The highest BCUT2D eigenvalue weighted by atomic mass is 16.3. The van der Waals surface area contributed by atoms with E-state index in [1.165, 1.54) is 15.6 Å². The van der Waals surface area contributed by atoms with Gasteiger partial charge in [0.1, 0.15) is 5.82 Å². The maximum Gasteiger partial charge on any atom is 0.363 e. The van der Waals surface area contributed by atoms with Crippen molar-refractivity contribution in [1.82, 2.24) is 29.7 Å². The lowest BCUT2D eigenvalue weighted by molar-refractivity contribution is 0.0901. The quantitative estimate of drug-likeness (QED) is 0.553. The van der Waals surface area contributed by atoms with Gasteiger partial charge >= 0.3 is 5.69 Å². The number of amides is 1. The number of aromatic nitrogens is 5. The molecule has 0 radical (unpaired) electrons. The van der Waals surface area contributed by atoms with Crippen molar-refractivity contribution in [2.45, 2.75) is 46.3 Å². The zero-order valence-electron chi connectivity index (χ0n) is 18.7. The van der Waals surface area contributed by atoms with Gasteiger partial charge in [-0.15, -0.1) is 0 Å². The predicted molar refractivity (Wildman–Crippen MR) is 118 cm³/mol. The fourth-order valence-corrected chi connectivity index (χ4v) is 4.28. The number of aryl methyl sites for hydroxylation is 2. The predicted octanol–water partition coefficient (Wildman–Crippen LogP) is 1.81. The molecule has 170 valence electrons. The molecule has 2 atom stereocenters. The van der Waals surface area contributed by atoms with E-state index in [0.29, 0.717) is 31.2 Å². The second kappa shape index (κ2) is 9.47. The number of piperidine rings is 1. The summed E-state index contributed by atoms with van der Waals surface area (Å²) < 4.78 is 8.16. The highest BCUT2D eigenvalue weighted by Crippen LogP contribution is 2.28. The Labute approximate surface area is 186 Å². The van der Waals surface area contributed by atoms with Crippen molar-refractivity contribution in [3.63, 3.8) is 0 Å². The molecule has 32 heavy (non-hydrogen) atoms. The number of carbonyl (C=O) groups is 1. The molecule has 0 unspecified atom stereocenters. The van der Waals surface area contributed by atoms with E-state index in [1.807, 2.05) is 26.0 Å². The van der Waals surface area contributed by atoms with E-state index >= 15 is 0 Å². The van der Waals surface area contributed by atoms with Gasteiger partial charge in [0.05, 0.1) is 12.8 Å². The number of likely N-dealkylation sites (tertiary alicyclic amines) is 1. The molecule has 10 heteroatoms. The summed E-state index contributed by atoms with van der Waals surface area (Å²) in [5.41, 5.74) is 0.860. The van der Waals surface area contributed by atoms with Crippen LogP contribution in [0.1, 0.15) is 36.4 Å². The van der Waals surface area contributed by atoms with Crippen molar-refractivity contribution in [1.29, 1.82) is 0 Å². The summed E-state index contributed by atoms with van der Waals surface area (Å²) in [5, 5.41) is 7.82. The third-order valence-electron chi connectivity index (χ3n) is 6.00. The molecule has 0 saturated carbocycles. The molecular formula is C22H29N7O3. The van der Waals surface area contributed by atoms with Gasteiger partial charge in [-0.1, -0.05) is 6.92 Å². The van der Waals surface area contributed by atoms with Gasteiger partial charge in [0.2, 0.25) is 0 Å². The molecular weight excluding hydrogens is 410 g/mol. The molecule has 1 amide bonds. The Hall–Kier alpha value is -3.27. The molecule has 10 nitrogen and oxygen atoms in total. The Balaban J connectivity index is 1.48. The average Bonchev–Trinajstić information content (AvgIpc) is 3.44. The van der Waals surface area contributed by atoms with Gasteiger partial charge in [-0.2, -0.15) is 9.36 Å². The van der Waals surface area contributed by atoms with Crippen LogP contribution in [-0.2, 0) is 13.1 Å². The summed E-state index contributed by atoms with van der Waals surface area (Å²) in [6.45, 7) is 9.31. The molecule has 4 rings (SSSR count). The monoisotopic (exact) mass is 439 g/mol. The number of hydrogen-bond acceptors (Lipinski definition) is 7. The fraction of sp³-hybridized carbons (Fsp3) is 0.500. The minimum Gasteiger partial charge on any atom is -0.459 e. The number of carbonyl (C=O) groups excluding carboxylic acids is 1. The lowest BCUT2D eigenvalue weighted by Crippen LogP contribution is -2.53. The van der Waals surface area contributed by atoms with Crippen molar-refractivity contribution in [3.05, 3.63) is 58.5 Å². The first-order valence-corrected chi connectivity index (χ1v) is 11.0. The van der Waals surface area contributed by atoms with Crippen LogP contribution in [0.3, 0.4) is 0 Å². The van der Waals surface area contributed by atoms with Crippen molar-refractivity contribution in [2.75, 3.05) is 24.5 Å². The first kappa shape index (κ1) is 21.9. The Bertz CT molecular complexity index is 1100. The summed E-state index contributed by atoms with van der Waals surface area (Å²) in [5.74, 6) is 0.968. The zero-order chi connectivity index (χ0) is 22.7. The van der Waals surface area contributed by atoms with Gasteiger partial charge in [0.25, 0.3) is 5.91 Å². The van der Waals surface area contributed by atoms with Crippen LogP contribution >= 0.6 is 0 Å². The number of rotatable bonds is 7. The highest BCUT2D eigenvalue weighted by molar-refractivity contribution is 6.04.